The van der Waals surface area contributed by atoms with E-state index in [4.69, 9.17) is 4.74 Å². The summed E-state index contributed by atoms with van der Waals surface area (Å²) in [6.45, 7) is 4.81. The molecule has 0 amide bonds. The lowest BCUT2D eigenvalue weighted by Crippen LogP contribution is -2.28. The number of benzene rings is 1. The Morgan fingerprint density at radius 3 is 2.68 bits per heavy atom. The quantitative estimate of drug-likeness (QED) is 0.705. The second-order valence-corrected chi connectivity index (χ2v) is 6.17. The van der Waals surface area contributed by atoms with Gasteiger partial charge in [0, 0.05) is 36.4 Å². The van der Waals surface area contributed by atoms with Gasteiger partial charge in [-0.2, -0.15) is 0 Å². The summed E-state index contributed by atoms with van der Waals surface area (Å²) < 4.78 is 6.75. The second kappa shape index (κ2) is 7.88. The van der Waals surface area contributed by atoms with Crippen molar-refractivity contribution in [3.05, 3.63) is 28.7 Å². The molecule has 1 aliphatic rings. The van der Waals surface area contributed by atoms with Gasteiger partial charge in [0.1, 0.15) is 0 Å². The minimum atomic E-state index is 0.852. The van der Waals surface area contributed by atoms with E-state index >= 15 is 0 Å². The first kappa shape index (κ1) is 14.8. The van der Waals surface area contributed by atoms with Crippen LogP contribution in [0.3, 0.4) is 0 Å². The molecule has 0 aliphatic heterocycles. The molecule has 4 heteroatoms. The average Bonchev–Trinajstić information content (AvgIpc) is 3.21. The third-order valence-electron chi connectivity index (χ3n) is 3.33. The Labute approximate surface area is 124 Å². The van der Waals surface area contributed by atoms with Gasteiger partial charge in [0.25, 0.3) is 0 Å². The topological polar surface area (TPSA) is 24.5 Å². The van der Waals surface area contributed by atoms with E-state index in [-0.39, 0.29) is 0 Å². The van der Waals surface area contributed by atoms with Crippen LogP contribution >= 0.6 is 15.9 Å². The third-order valence-corrected chi connectivity index (χ3v) is 3.86. The Balaban J connectivity index is 1.50. The van der Waals surface area contributed by atoms with Gasteiger partial charge in [0.15, 0.2) is 0 Å². The molecule has 1 aliphatic carbocycles. The number of hydrogen-bond donors (Lipinski definition) is 1. The van der Waals surface area contributed by atoms with E-state index in [0.29, 0.717) is 0 Å². The van der Waals surface area contributed by atoms with Crippen LogP contribution in [0.5, 0.6) is 0 Å². The summed E-state index contributed by atoms with van der Waals surface area (Å²) >= 11 is 3.44. The van der Waals surface area contributed by atoms with Crippen molar-refractivity contribution in [2.45, 2.75) is 12.8 Å². The summed E-state index contributed by atoms with van der Waals surface area (Å²) in [5.74, 6) is 0.865. The summed E-state index contributed by atoms with van der Waals surface area (Å²) in [4.78, 5) is 2.30. The molecule has 19 heavy (non-hydrogen) atoms. The molecule has 1 aromatic rings. The van der Waals surface area contributed by atoms with Gasteiger partial charge in [-0.15, -0.1) is 0 Å². The monoisotopic (exact) mass is 326 g/mol. The molecule has 0 atom stereocenters. The molecule has 3 nitrogen and oxygen atoms in total. The van der Waals surface area contributed by atoms with E-state index in [2.05, 4.69) is 57.5 Å². The normalized spacial score (nSPS) is 14.9. The first-order chi connectivity index (χ1) is 9.24. The summed E-state index contributed by atoms with van der Waals surface area (Å²) in [5, 5.41) is 3.42. The summed E-state index contributed by atoms with van der Waals surface area (Å²) in [7, 11) is 2.14. The molecule has 1 N–H and O–H groups in total. The molecular weight excluding hydrogens is 304 g/mol. The van der Waals surface area contributed by atoms with E-state index in [1.165, 1.54) is 18.5 Å². The van der Waals surface area contributed by atoms with Crippen LogP contribution < -0.4 is 5.32 Å². The number of rotatable bonds is 9. The predicted octanol–water partition coefficient (Wildman–Crippen LogP) is 3.22. The lowest BCUT2D eigenvalue weighted by Gasteiger charge is -2.17. The van der Waals surface area contributed by atoms with Gasteiger partial charge in [-0.1, -0.05) is 15.9 Å². The van der Waals surface area contributed by atoms with Crippen LogP contribution in [0.25, 0.3) is 0 Å². The number of hydrogen-bond acceptors (Lipinski definition) is 3. The van der Waals surface area contributed by atoms with Crippen molar-refractivity contribution in [1.29, 1.82) is 0 Å². The zero-order chi connectivity index (χ0) is 13.5. The Morgan fingerprint density at radius 1 is 1.26 bits per heavy atom. The fourth-order valence-electron chi connectivity index (χ4n) is 1.83. The van der Waals surface area contributed by atoms with Gasteiger partial charge in [0.05, 0.1) is 6.61 Å². The fraction of sp³-hybridized carbons (Fsp3) is 0.600. The van der Waals surface area contributed by atoms with Gasteiger partial charge in [0.2, 0.25) is 0 Å². The van der Waals surface area contributed by atoms with E-state index in [0.717, 1.165) is 43.2 Å². The smallest absolute Gasteiger partial charge is 0.0593 e. The van der Waals surface area contributed by atoms with Crippen LogP contribution in [-0.4, -0.2) is 44.8 Å². The van der Waals surface area contributed by atoms with Crippen molar-refractivity contribution in [2.75, 3.05) is 45.2 Å². The van der Waals surface area contributed by atoms with Gasteiger partial charge >= 0.3 is 0 Å². The molecule has 1 saturated carbocycles. The van der Waals surface area contributed by atoms with Crippen LogP contribution in [0.15, 0.2) is 28.7 Å². The maximum absolute atomic E-state index is 5.64. The van der Waals surface area contributed by atoms with Crippen LogP contribution in [-0.2, 0) is 4.74 Å². The highest BCUT2D eigenvalue weighted by Gasteiger charge is 2.20. The van der Waals surface area contributed by atoms with E-state index in [1.807, 2.05) is 0 Å². The molecule has 0 heterocycles. The Bertz CT molecular complexity index is 365. The highest BCUT2D eigenvalue weighted by atomic mass is 79.9. The van der Waals surface area contributed by atoms with Crippen molar-refractivity contribution in [3.63, 3.8) is 0 Å². The Morgan fingerprint density at radius 2 is 2.00 bits per heavy atom. The summed E-state index contributed by atoms with van der Waals surface area (Å²) in [5.41, 5.74) is 1.17. The number of halogens is 1. The van der Waals surface area contributed by atoms with Crippen LogP contribution in [0.4, 0.5) is 5.69 Å². The zero-order valence-corrected chi connectivity index (χ0v) is 13.2. The molecule has 0 spiro atoms. The van der Waals surface area contributed by atoms with Crippen molar-refractivity contribution in [3.8, 4) is 0 Å². The first-order valence-corrected chi connectivity index (χ1v) is 7.79. The van der Waals surface area contributed by atoms with Crippen LogP contribution in [0, 0.1) is 5.92 Å². The molecule has 1 fully saturated rings. The molecule has 0 bridgehead atoms. The van der Waals surface area contributed by atoms with Crippen molar-refractivity contribution >= 4 is 21.6 Å². The average molecular weight is 327 g/mol. The van der Waals surface area contributed by atoms with Crippen molar-refractivity contribution in [2.24, 2.45) is 5.92 Å². The Kier molecular flexibility index (Phi) is 6.14. The molecule has 0 aromatic heterocycles. The van der Waals surface area contributed by atoms with E-state index in [9.17, 15) is 0 Å². The first-order valence-electron chi connectivity index (χ1n) is 7.00. The van der Waals surface area contributed by atoms with Crippen LogP contribution in [0.2, 0.25) is 0 Å². The van der Waals surface area contributed by atoms with Gasteiger partial charge in [-0.3, -0.25) is 0 Å². The van der Waals surface area contributed by atoms with Crippen molar-refractivity contribution < 1.29 is 4.74 Å². The van der Waals surface area contributed by atoms with Crippen LogP contribution in [0.1, 0.15) is 12.8 Å². The van der Waals surface area contributed by atoms with E-state index < -0.39 is 0 Å². The third kappa shape index (κ3) is 6.41. The molecule has 0 unspecified atom stereocenters. The minimum Gasteiger partial charge on any atom is -0.384 e. The predicted molar refractivity (Wildman–Crippen MR) is 83.7 cm³/mol. The number of anilines is 1. The molecular formula is C15H23BrN2O. The maximum Gasteiger partial charge on any atom is 0.0593 e. The highest BCUT2D eigenvalue weighted by molar-refractivity contribution is 9.10. The van der Waals surface area contributed by atoms with Gasteiger partial charge < -0.3 is 15.0 Å². The zero-order valence-electron chi connectivity index (χ0n) is 11.6. The van der Waals surface area contributed by atoms with Gasteiger partial charge in [-0.05, 0) is 50.1 Å². The molecule has 106 valence electrons. The molecule has 1 aromatic carbocycles. The number of nitrogens with zero attached hydrogens (tertiary/aromatic N) is 1. The summed E-state index contributed by atoms with van der Waals surface area (Å²) in [6, 6.07) is 8.28. The lowest BCUT2D eigenvalue weighted by atomic mass is 10.3. The standard InChI is InChI=1S/C15H23BrN2O/c1-18(10-11-19-12-13-2-3-13)9-8-17-15-6-4-14(16)5-7-15/h4-7,13,17H,2-3,8-12H2,1H3. The highest BCUT2D eigenvalue weighted by Crippen LogP contribution is 2.28. The molecule has 2 rings (SSSR count). The second-order valence-electron chi connectivity index (χ2n) is 5.26. The molecule has 0 radical (unpaired) electrons. The number of likely N-dealkylation sites (N-methyl/N-ethyl adjacent to an activating group) is 1. The number of nitrogens with one attached hydrogen (secondary N) is 1. The van der Waals surface area contributed by atoms with E-state index in [1.54, 1.807) is 0 Å². The Hall–Kier alpha value is -0.580. The molecule has 0 saturated heterocycles. The summed E-state index contributed by atoms with van der Waals surface area (Å²) in [6.07, 6.45) is 2.74. The minimum absolute atomic E-state index is 0.852. The maximum atomic E-state index is 5.64. The SMILES string of the molecule is CN(CCNc1ccc(Br)cc1)CCOCC1CC1. The van der Waals surface area contributed by atoms with Gasteiger partial charge in [-0.25, -0.2) is 0 Å². The lowest BCUT2D eigenvalue weighted by molar-refractivity contribution is 0.104. The fourth-order valence-corrected chi connectivity index (χ4v) is 2.09. The number of ether oxygens (including phenoxy) is 1. The van der Waals surface area contributed by atoms with Crippen molar-refractivity contribution in [1.82, 2.24) is 4.90 Å². The largest absolute Gasteiger partial charge is 0.384 e.